The van der Waals surface area contributed by atoms with Gasteiger partial charge in [-0.3, -0.25) is 4.79 Å². The van der Waals surface area contributed by atoms with Crippen molar-refractivity contribution in [3.63, 3.8) is 0 Å². The van der Waals surface area contributed by atoms with Crippen LogP contribution < -0.4 is 10.1 Å². The predicted octanol–water partition coefficient (Wildman–Crippen LogP) is 2.72. The van der Waals surface area contributed by atoms with E-state index in [-0.39, 0.29) is 30.2 Å². The van der Waals surface area contributed by atoms with Gasteiger partial charge in [0.05, 0.1) is 18.9 Å². The van der Waals surface area contributed by atoms with E-state index in [1.54, 1.807) is 20.8 Å². The molecule has 1 aromatic rings. The van der Waals surface area contributed by atoms with Gasteiger partial charge >= 0.3 is 6.09 Å². The molecule has 1 rings (SSSR count). The molecule has 0 spiro atoms. The van der Waals surface area contributed by atoms with E-state index in [1.807, 2.05) is 0 Å². The molecule has 0 unspecified atom stereocenters. The Morgan fingerprint density at radius 2 is 2.05 bits per heavy atom. The molecule has 7 heteroatoms. The van der Waals surface area contributed by atoms with E-state index < -0.39 is 17.5 Å². The number of methoxy groups -OCH3 is 1. The van der Waals surface area contributed by atoms with Crippen molar-refractivity contribution in [2.75, 3.05) is 13.7 Å². The van der Waals surface area contributed by atoms with E-state index in [1.165, 1.54) is 7.11 Å². The van der Waals surface area contributed by atoms with Crippen LogP contribution in [0.4, 0.5) is 9.18 Å². The van der Waals surface area contributed by atoms with Crippen LogP contribution in [0.15, 0.2) is 12.3 Å². The van der Waals surface area contributed by atoms with Gasteiger partial charge in [-0.05, 0) is 33.3 Å². The molecule has 0 atom stereocenters. The number of amides is 1. The number of nitrogens with zero attached hydrogens (tertiary/aromatic N) is 1. The van der Waals surface area contributed by atoms with Crippen molar-refractivity contribution in [1.29, 1.82) is 0 Å². The van der Waals surface area contributed by atoms with Gasteiger partial charge in [-0.25, -0.2) is 14.2 Å². The van der Waals surface area contributed by atoms with Gasteiger partial charge < -0.3 is 14.8 Å². The van der Waals surface area contributed by atoms with E-state index >= 15 is 0 Å². The first-order valence-electron chi connectivity index (χ1n) is 6.92. The molecular weight excluding hydrogens is 291 g/mol. The third-order valence-corrected chi connectivity index (χ3v) is 2.56. The molecule has 1 N–H and O–H groups in total. The fraction of sp³-hybridized carbons (Fsp3) is 0.533. The molecule has 0 fully saturated rings. The molecule has 122 valence electrons. The van der Waals surface area contributed by atoms with Crippen molar-refractivity contribution >= 4 is 11.9 Å². The number of aromatic nitrogens is 1. The Labute approximate surface area is 129 Å². The highest BCUT2D eigenvalue weighted by Gasteiger charge is 2.17. The Hall–Kier alpha value is -2.18. The number of nitrogens with one attached hydrogen (secondary N) is 1. The van der Waals surface area contributed by atoms with Crippen LogP contribution in [0.3, 0.4) is 0 Å². The normalized spacial score (nSPS) is 11.0. The number of carbonyl (C=O) groups is 2. The number of pyridine rings is 1. The Morgan fingerprint density at radius 3 is 2.64 bits per heavy atom. The lowest BCUT2D eigenvalue weighted by Gasteiger charge is -2.19. The molecule has 0 saturated carbocycles. The summed E-state index contributed by atoms with van der Waals surface area (Å²) in [5.74, 6) is -0.808. The highest BCUT2D eigenvalue weighted by molar-refractivity contribution is 5.98. The molecular formula is C15H21FN2O4. The monoisotopic (exact) mass is 312 g/mol. The summed E-state index contributed by atoms with van der Waals surface area (Å²) in [5, 5.41) is 2.55. The van der Waals surface area contributed by atoms with Gasteiger partial charge in [0.1, 0.15) is 11.4 Å². The van der Waals surface area contributed by atoms with Crippen LogP contribution in [-0.4, -0.2) is 36.1 Å². The first-order chi connectivity index (χ1) is 10.2. The average Bonchev–Trinajstić information content (AvgIpc) is 2.41. The van der Waals surface area contributed by atoms with Crippen molar-refractivity contribution in [3.05, 3.63) is 23.6 Å². The Bertz CT molecular complexity index is 541. The van der Waals surface area contributed by atoms with E-state index in [0.717, 1.165) is 12.3 Å². The number of ether oxygens (including phenoxy) is 2. The predicted molar refractivity (Wildman–Crippen MR) is 78.5 cm³/mol. The maximum Gasteiger partial charge on any atom is 0.407 e. The summed E-state index contributed by atoms with van der Waals surface area (Å²) >= 11 is 0. The van der Waals surface area contributed by atoms with Crippen LogP contribution >= 0.6 is 0 Å². The molecule has 0 aliphatic heterocycles. The summed E-state index contributed by atoms with van der Waals surface area (Å²) in [6.07, 6.45) is 0.985. The average molecular weight is 312 g/mol. The first-order valence-corrected chi connectivity index (χ1v) is 6.92. The van der Waals surface area contributed by atoms with Crippen LogP contribution in [0.5, 0.6) is 5.88 Å². The second-order valence-electron chi connectivity index (χ2n) is 5.67. The summed E-state index contributed by atoms with van der Waals surface area (Å²) in [7, 11) is 1.36. The molecule has 0 radical (unpaired) electrons. The van der Waals surface area contributed by atoms with Crippen LogP contribution in [0.25, 0.3) is 0 Å². The topological polar surface area (TPSA) is 77.5 Å². The number of halogens is 1. The lowest BCUT2D eigenvalue weighted by molar-refractivity contribution is 0.0525. The van der Waals surface area contributed by atoms with Gasteiger partial charge in [0.25, 0.3) is 0 Å². The quantitative estimate of drug-likeness (QED) is 0.645. The first kappa shape index (κ1) is 17.9. The maximum absolute atomic E-state index is 13.2. The van der Waals surface area contributed by atoms with Gasteiger partial charge in [-0.15, -0.1) is 0 Å². The van der Waals surface area contributed by atoms with Gasteiger partial charge in [0, 0.05) is 13.0 Å². The van der Waals surface area contributed by atoms with Gasteiger partial charge in [-0.1, -0.05) is 0 Å². The second kappa shape index (κ2) is 7.72. The third kappa shape index (κ3) is 6.07. The molecule has 22 heavy (non-hydrogen) atoms. The van der Waals surface area contributed by atoms with E-state index in [9.17, 15) is 14.0 Å². The molecule has 1 heterocycles. The number of hydrogen-bond acceptors (Lipinski definition) is 5. The minimum absolute atomic E-state index is 0.0894. The Kier molecular flexibility index (Phi) is 6.27. The van der Waals surface area contributed by atoms with Crippen molar-refractivity contribution in [2.45, 2.75) is 39.2 Å². The SMILES string of the molecule is COc1ncc(F)cc1C(=O)CCCNC(=O)OC(C)(C)C. The minimum atomic E-state index is -0.601. The van der Waals surface area contributed by atoms with Crippen LogP contribution in [0.1, 0.15) is 44.0 Å². The molecule has 6 nitrogen and oxygen atoms in total. The molecule has 0 aliphatic carbocycles. The molecule has 0 aliphatic rings. The smallest absolute Gasteiger partial charge is 0.407 e. The van der Waals surface area contributed by atoms with Gasteiger partial charge in [0.2, 0.25) is 5.88 Å². The van der Waals surface area contributed by atoms with Crippen LogP contribution in [0, 0.1) is 5.82 Å². The molecule has 1 amide bonds. The fourth-order valence-electron chi connectivity index (χ4n) is 1.68. The maximum atomic E-state index is 13.2. The summed E-state index contributed by atoms with van der Waals surface area (Å²) in [4.78, 5) is 27.1. The van der Waals surface area contributed by atoms with Crippen molar-refractivity contribution in [2.24, 2.45) is 0 Å². The number of hydrogen-bond donors (Lipinski definition) is 1. The number of alkyl carbamates (subject to hydrolysis) is 1. The van der Waals surface area contributed by atoms with Crippen LogP contribution in [0.2, 0.25) is 0 Å². The zero-order valence-electron chi connectivity index (χ0n) is 13.2. The summed E-state index contributed by atoms with van der Waals surface area (Å²) in [6.45, 7) is 5.57. The van der Waals surface area contributed by atoms with Gasteiger partial charge in [0.15, 0.2) is 5.78 Å². The fourth-order valence-corrected chi connectivity index (χ4v) is 1.68. The van der Waals surface area contributed by atoms with Crippen molar-refractivity contribution in [3.8, 4) is 5.88 Å². The highest BCUT2D eigenvalue weighted by atomic mass is 19.1. The zero-order chi connectivity index (χ0) is 16.8. The number of carbonyl (C=O) groups excluding carboxylic acids is 2. The van der Waals surface area contributed by atoms with Gasteiger partial charge in [-0.2, -0.15) is 0 Å². The van der Waals surface area contributed by atoms with E-state index in [2.05, 4.69) is 10.3 Å². The summed E-state index contributed by atoms with van der Waals surface area (Å²) < 4.78 is 23.2. The number of rotatable bonds is 6. The minimum Gasteiger partial charge on any atom is -0.480 e. The molecule has 1 aromatic heterocycles. The molecule has 0 bridgehead atoms. The van der Waals surface area contributed by atoms with Crippen molar-refractivity contribution in [1.82, 2.24) is 10.3 Å². The van der Waals surface area contributed by atoms with E-state index in [4.69, 9.17) is 9.47 Å². The Balaban J connectivity index is 2.44. The highest BCUT2D eigenvalue weighted by Crippen LogP contribution is 2.18. The van der Waals surface area contributed by atoms with E-state index in [0.29, 0.717) is 6.42 Å². The van der Waals surface area contributed by atoms with Crippen molar-refractivity contribution < 1.29 is 23.5 Å². The lowest BCUT2D eigenvalue weighted by atomic mass is 10.1. The molecule has 0 saturated heterocycles. The summed E-state index contributed by atoms with van der Waals surface area (Å²) in [5.41, 5.74) is -0.472. The number of ketones is 1. The van der Waals surface area contributed by atoms with Crippen LogP contribution in [-0.2, 0) is 4.74 Å². The third-order valence-electron chi connectivity index (χ3n) is 2.56. The Morgan fingerprint density at radius 1 is 1.36 bits per heavy atom. The standard InChI is InChI=1S/C15H21FN2O4/c1-15(2,3)22-14(20)17-7-5-6-12(19)11-8-10(16)9-18-13(11)21-4/h8-9H,5-7H2,1-4H3,(H,17,20). The largest absolute Gasteiger partial charge is 0.480 e. The summed E-state index contributed by atoms with van der Waals surface area (Å²) in [6, 6.07) is 1.09. The second-order valence-corrected chi connectivity index (χ2v) is 5.67. The number of Topliss-reactive ketones (excluding diaryl/α,β-unsaturated/α-hetero) is 1. The lowest BCUT2D eigenvalue weighted by Crippen LogP contribution is -2.33. The molecule has 0 aromatic carbocycles. The zero-order valence-corrected chi connectivity index (χ0v) is 13.2.